The molecule has 0 atom stereocenters. The van der Waals surface area contributed by atoms with Gasteiger partial charge in [0.05, 0.1) is 25.5 Å². The molecule has 2 heterocycles. The van der Waals surface area contributed by atoms with Crippen LogP contribution in [-0.4, -0.2) is 24.2 Å². The Labute approximate surface area is 156 Å². The van der Waals surface area contributed by atoms with Crippen LogP contribution in [0, 0.1) is 13.8 Å². The molecule has 3 aromatic rings. The SMILES string of the molecule is COCCn1c(=NC(=O)c2ccc(Br)s2)sc2cc(C)c(C)cc21. The fourth-order valence-corrected chi connectivity index (χ4v) is 4.78. The first-order chi connectivity index (χ1) is 11.5. The highest BCUT2D eigenvalue weighted by atomic mass is 79.9. The van der Waals surface area contributed by atoms with Gasteiger partial charge in [-0.3, -0.25) is 4.79 Å². The molecule has 0 radical (unpaired) electrons. The van der Waals surface area contributed by atoms with Gasteiger partial charge in [-0.2, -0.15) is 4.99 Å². The van der Waals surface area contributed by atoms with E-state index in [-0.39, 0.29) is 5.91 Å². The lowest BCUT2D eigenvalue weighted by molar-refractivity contribution is 0.100. The average Bonchev–Trinajstić information content (AvgIpc) is 3.10. The van der Waals surface area contributed by atoms with Crippen LogP contribution < -0.4 is 4.80 Å². The molecule has 1 amide bonds. The lowest BCUT2D eigenvalue weighted by Gasteiger charge is -2.06. The van der Waals surface area contributed by atoms with E-state index in [1.807, 2.05) is 6.07 Å². The predicted molar refractivity (Wildman–Crippen MR) is 103 cm³/mol. The number of hydrogen-bond donors (Lipinski definition) is 0. The van der Waals surface area contributed by atoms with Gasteiger partial charge in [-0.1, -0.05) is 11.3 Å². The van der Waals surface area contributed by atoms with E-state index in [1.165, 1.54) is 33.8 Å². The normalized spacial score (nSPS) is 12.2. The van der Waals surface area contributed by atoms with Crippen molar-refractivity contribution in [1.82, 2.24) is 4.57 Å². The van der Waals surface area contributed by atoms with Crippen LogP contribution in [0.3, 0.4) is 0 Å². The molecule has 0 unspecified atom stereocenters. The summed E-state index contributed by atoms with van der Waals surface area (Å²) >= 11 is 6.32. The van der Waals surface area contributed by atoms with Gasteiger partial charge in [0.1, 0.15) is 0 Å². The van der Waals surface area contributed by atoms with Gasteiger partial charge >= 0.3 is 0 Å². The van der Waals surface area contributed by atoms with Crippen LogP contribution in [0.5, 0.6) is 0 Å². The van der Waals surface area contributed by atoms with Crippen molar-refractivity contribution >= 4 is 54.7 Å². The Morgan fingerprint density at radius 3 is 2.67 bits per heavy atom. The van der Waals surface area contributed by atoms with Crippen LogP contribution in [0.1, 0.15) is 20.8 Å². The van der Waals surface area contributed by atoms with Gasteiger partial charge in [0.2, 0.25) is 0 Å². The average molecular weight is 425 g/mol. The van der Waals surface area contributed by atoms with Crippen molar-refractivity contribution in [3.8, 4) is 0 Å². The Hall–Kier alpha value is -1.28. The quantitative estimate of drug-likeness (QED) is 0.617. The standard InChI is InChI=1S/C17H17BrN2O2S2/c1-10-8-12-14(9-11(10)2)24-17(20(12)6-7-22-3)19-16(21)13-4-5-15(18)23-13/h4-5,8-9H,6-7H2,1-3H3. The smallest absolute Gasteiger partial charge is 0.289 e. The minimum absolute atomic E-state index is 0.211. The monoisotopic (exact) mass is 424 g/mol. The highest BCUT2D eigenvalue weighted by molar-refractivity contribution is 9.11. The fraction of sp³-hybridized carbons (Fsp3) is 0.294. The minimum atomic E-state index is -0.211. The highest BCUT2D eigenvalue weighted by Crippen LogP contribution is 2.24. The molecule has 2 aromatic heterocycles. The van der Waals surface area contributed by atoms with E-state index in [2.05, 4.69) is 51.5 Å². The van der Waals surface area contributed by atoms with Crippen LogP contribution in [0.4, 0.5) is 0 Å². The zero-order chi connectivity index (χ0) is 17.3. The first-order valence-electron chi connectivity index (χ1n) is 7.43. The Morgan fingerprint density at radius 1 is 1.25 bits per heavy atom. The number of methoxy groups -OCH3 is 1. The summed E-state index contributed by atoms with van der Waals surface area (Å²) in [4.78, 5) is 18.2. The molecule has 4 nitrogen and oxygen atoms in total. The lowest BCUT2D eigenvalue weighted by atomic mass is 10.1. The largest absolute Gasteiger partial charge is 0.383 e. The second kappa shape index (κ2) is 7.31. The molecule has 1 aromatic carbocycles. The summed E-state index contributed by atoms with van der Waals surface area (Å²) in [6, 6.07) is 7.97. The van der Waals surface area contributed by atoms with Gasteiger partial charge in [0.25, 0.3) is 5.91 Å². The number of rotatable bonds is 4. The topological polar surface area (TPSA) is 43.6 Å². The molecule has 0 N–H and O–H groups in total. The zero-order valence-corrected chi connectivity index (χ0v) is 16.8. The van der Waals surface area contributed by atoms with Crippen molar-refractivity contribution in [3.63, 3.8) is 0 Å². The Morgan fingerprint density at radius 2 is 2.00 bits per heavy atom. The molecule has 24 heavy (non-hydrogen) atoms. The second-order valence-electron chi connectivity index (χ2n) is 5.45. The van der Waals surface area contributed by atoms with E-state index in [1.54, 1.807) is 13.2 Å². The van der Waals surface area contributed by atoms with Crippen molar-refractivity contribution in [2.24, 2.45) is 4.99 Å². The number of hydrogen-bond acceptors (Lipinski definition) is 4. The van der Waals surface area contributed by atoms with Crippen molar-refractivity contribution < 1.29 is 9.53 Å². The maximum absolute atomic E-state index is 12.4. The van der Waals surface area contributed by atoms with Gasteiger partial charge in [-0.15, -0.1) is 11.3 Å². The van der Waals surface area contributed by atoms with Crippen LogP contribution in [0.15, 0.2) is 33.0 Å². The number of carbonyl (C=O) groups is 1. The number of halogens is 1. The summed E-state index contributed by atoms with van der Waals surface area (Å²) < 4.78 is 9.34. The molecule has 0 fully saturated rings. The molecule has 0 saturated heterocycles. The summed E-state index contributed by atoms with van der Waals surface area (Å²) in [6.45, 7) is 5.43. The van der Waals surface area contributed by atoms with E-state index in [4.69, 9.17) is 4.74 Å². The molecule has 3 rings (SSSR count). The van der Waals surface area contributed by atoms with E-state index >= 15 is 0 Å². The van der Waals surface area contributed by atoms with E-state index < -0.39 is 0 Å². The number of fused-ring (bicyclic) bond motifs is 1. The second-order valence-corrected chi connectivity index (χ2v) is 8.93. The van der Waals surface area contributed by atoms with Crippen molar-refractivity contribution in [2.45, 2.75) is 20.4 Å². The maximum atomic E-state index is 12.4. The van der Waals surface area contributed by atoms with Crippen molar-refractivity contribution in [1.29, 1.82) is 0 Å². The third-order valence-electron chi connectivity index (χ3n) is 3.80. The molecule has 0 saturated carbocycles. The van der Waals surface area contributed by atoms with Gasteiger partial charge in [0, 0.05) is 13.7 Å². The Balaban J connectivity index is 2.14. The number of nitrogens with zero attached hydrogens (tertiary/aromatic N) is 2. The number of ether oxygens (including phenoxy) is 1. The molecule has 0 aliphatic heterocycles. The van der Waals surface area contributed by atoms with Crippen LogP contribution in [0.25, 0.3) is 10.2 Å². The number of carbonyl (C=O) groups excluding carboxylic acids is 1. The molecule has 0 aliphatic carbocycles. The molecule has 7 heteroatoms. The molecule has 126 valence electrons. The van der Waals surface area contributed by atoms with Crippen molar-refractivity contribution in [3.05, 3.63) is 48.9 Å². The number of thiophene rings is 1. The molecular formula is C17H17BrN2O2S2. The summed E-state index contributed by atoms with van der Waals surface area (Å²) in [6.07, 6.45) is 0. The van der Waals surface area contributed by atoms with Gasteiger partial charge in [-0.25, -0.2) is 0 Å². The van der Waals surface area contributed by atoms with E-state index in [9.17, 15) is 4.79 Å². The minimum Gasteiger partial charge on any atom is -0.383 e. The predicted octanol–water partition coefficient (Wildman–Crippen LogP) is 4.53. The summed E-state index contributed by atoms with van der Waals surface area (Å²) in [5, 5.41) is 0. The zero-order valence-electron chi connectivity index (χ0n) is 13.6. The van der Waals surface area contributed by atoms with Crippen LogP contribution in [0.2, 0.25) is 0 Å². The molecule has 0 aliphatic rings. The van der Waals surface area contributed by atoms with Crippen molar-refractivity contribution in [2.75, 3.05) is 13.7 Å². The van der Waals surface area contributed by atoms with Gasteiger partial charge < -0.3 is 9.30 Å². The van der Waals surface area contributed by atoms with Crippen LogP contribution >= 0.6 is 38.6 Å². The fourth-order valence-electron chi connectivity index (χ4n) is 2.38. The maximum Gasteiger partial charge on any atom is 0.289 e. The van der Waals surface area contributed by atoms with E-state index in [0.717, 1.165) is 14.0 Å². The summed E-state index contributed by atoms with van der Waals surface area (Å²) in [5.41, 5.74) is 3.56. The van der Waals surface area contributed by atoms with Crippen LogP contribution in [-0.2, 0) is 11.3 Å². The third kappa shape index (κ3) is 3.54. The summed E-state index contributed by atoms with van der Waals surface area (Å²) in [7, 11) is 1.68. The first-order valence-corrected chi connectivity index (χ1v) is 9.86. The number of aromatic nitrogens is 1. The van der Waals surface area contributed by atoms with E-state index in [0.29, 0.717) is 22.8 Å². The molecular weight excluding hydrogens is 408 g/mol. The molecule has 0 spiro atoms. The number of benzene rings is 1. The van der Waals surface area contributed by atoms with Gasteiger partial charge in [0.15, 0.2) is 4.80 Å². The summed E-state index contributed by atoms with van der Waals surface area (Å²) in [5.74, 6) is -0.211. The van der Waals surface area contributed by atoms with Gasteiger partial charge in [-0.05, 0) is 65.2 Å². The molecule has 0 bridgehead atoms. The third-order valence-corrected chi connectivity index (χ3v) is 6.45. The first kappa shape index (κ1) is 17.5. The highest BCUT2D eigenvalue weighted by Gasteiger charge is 2.12. The number of amides is 1. The lowest BCUT2D eigenvalue weighted by Crippen LogP contribution is -2.19. The number of aryl methyl sites for hydroxylation is 2. The Bertz CT molecular complexity index is 969. The number of thiazole rings is 1. The Kier molecular flexibility index (Phi) is 5.34.